The largest absolute Gasteiger partial charge is 0.303 e. The highest BCUT2D eigenvalue weighted by Crippen LogP contribution is 2.15. The van der Waals surface area contributed by atoms with Gasteiger partial charge in [-0.2, -0.15) is 5.10 Å². The Morgan fingerprint density at radius 2 is 2.12 bits per heavy atom. The van der Waals surface area contributed by atoms with Crippen LogP contribution in [0.1, 0.15) is 18.4 Å². The predicted octanol–water partition coefficient (Wildman–Crippen LogP) is 2.39. The molecule has 0 N–H and O–H groups in total. The summed E-state index contributed by atoms with van der Waals surface area (Å²) in [5, 5.41) is 4.22. The van der Waals surface area contributed by atoms with Crippen molar-refractivity contribution in [3.05, 3.63) is 48.3 Å². The van der Waals surface area contributed by atoms with Crippen molar-refractivity contribution in [1.82, 2.24) is 9.78 Å². The lowest BCUT2D eigenvalue weighted by molar-refractivity contribution is -0.107. The van der Waals surface area contributed by atoms with Crippen molar-refractivity contribution in [2.45, 2.75) is 19.3 Å². The summed E-state index contributed by atoms with van der Waals surface area (Å²) in [7, 11) is 0. The molecule has 0 amide bonds. The standard InChI is InChI=1S/C13H14N2O/c16-11-4-3-7-12-6-1-2-8-13(12)15-10-5-9-14-15/h1-2,5-6,8-11H,3-4,7H2. The summed E-state index contributed by atoms with van der Waals surface area (Å²) in [4.78, 5) is 10.3. The summed E-state index contributed by atoms with van der Waals surface area (Å²) in [5.74, 6) is 0. The van der Waals surface area contributed by atoms with Crippen LogP contribution in [-0.2, 0) is 11.2 Å². The fraction of sp³-hybridized carbons (Fsp3) is 0.231. The van der Waals surface area contributed by atoms with Crippen molar-refractivity contribution in [3.8, 4) is 5.69 Å². The third-order valence-electron chi connectivity index (χ3n) is 2.51. The molecule has 0 aliphatic rings. The van der Waals surface area contributed by atoms with E-state index >= 15 is 0 Å². The number of aromatic nitrogens is 2. The molecule has 0 fully saturated rings. The van der Waals surface area contributed by atoms with E-state index in [1.807, 2.05) is 35.1 Å². The van der Waals surface area contributed by atoms with E-state index in [4.69, 9.17) is 0 Å². The first kappa shape index (κ1) is 10.6. The number of para-hydroxylation sites is 1. The van der Waals surface area contributed by atoms with Crippen molar-refractivity contribution in [2.24, 2.45) is 0 Å². The molecular weight excluding hydrogens is 200 g/mol. The van der Waals surface area contributed by atoms with E-state index in [1.165, 1.54) is 5.56 Å². The highest BCUT2D eigenvalue weighted by molar-refractivity contribution is 5.49. The molecule has 2 aromatic rings. The first-order chi connectivity index (χ1) is 7.92. The third-order valence-corrected chi connectivity index (χ3v) is 2.51. The minimum Gasteiger partial charge on any atom is -0.303 e. The Morgan fingerprint density at radius 1 is 1.25 bits per heavy atom. The van der Waals surface area contributed by atoms with E-state index in [0.29, 0.717) is 6.42 Å². The zero-order valence-electron chi connectivity index (χ0n) is 9.04. The number of aryl methyl sites for hydroxylation is 1. The van der Waals surface area contributed by atoms with Crippen molar-refractivity contribution < 1.29 is 4.79 Å². The Kier molecular flexibility index (Phi) is 3.49. The zero-order chi connectivity index (χ0) is 11.2. The van der Waals surface area contributed by atoms with E-state index < -0.39 is 0 Å². The summed E-state index contributed by atoms with van der Waals surface area (Å²) >= 11 is 0. The molecule has 1 heterocycles. The van der Waals surface area contributed by atoms with E-state index in [9.17, 15) is 4.79 Å². The van der Waals surface area contributed by atoms with Crippen LogP contribution in [0.4, 0.5) is 0 Å². The molecule has 3 nitrogen and oxygen atoms in total. The Bertz CT molecular complexity index is 449. The van der Waals surface area contributed by atoms with Crippen LogP contribution >= 0.6 is 0 Å². The summed E-state index contributed by atoms with van der Waals surface area (Å²) in [5.41, 5.74) is 2.33. The Balaban J connectivity index is 2.21. The van der Waals surface area contributed by atoms with Gasteiger partial charge >= 0.3 is 0 Å². The van der Waals surface area contributed by atoms with Crippen LogP contribution in [0.15, 0.2) is 42.7 Å². The fourth-order valence-corrected chi connectivity index (χ4v) is 1.73. The molecule has 2 rings (SSSR count). The van der Waals surface area contributed by atoms with Crippen molar-refractivity contribution in [1.29, 1.82) is 0 Å². The minimum atomic E-state index is 0.618. The van der Waals surface area contributed by atoms with Crippen molar-refractivity contribution in [2.75, 3.05) is 0 Å². The molecule has 1 aromatic carbocycles. The summed E-state index contributed by atoms with van der Waals surface area (Å²) in [6, 6.07) is 10.1. The van der Waals surface area contributed by atoms with Gasteiger partial charge in [-0.1, -0.05) is 18.2 Å². The van der Waals surface area contributed by atoms with Crippen LogP contribution in [0.25, 0.3) is 5.69 Å². The first-order valence-corrected chi connectivity index (χ1v) is 5.43. The van der Waals surface area contributed by atoms with E-state index in [2.05, 4.69) is 11.2 Å². The second-order valence-electron chi connectivity index (χ2n) is 3.64. The molecule has 0 bridgehead atoms. The maximum atomic E-state index is 10.3. The van der Waals surface area contributed by atoms with Crippen LogP contribution in [0.5, 0.6) is 0 Å². The Labute approximate surface area is 94.7 Å². The van der Waals surface area contributed by atoms with Crippen LogP contribution in [0, 0.1) is 0 Å². The second-order valence-corrected chi connectivity index (χ2v) is 3.64. The van der Waals surface area contributed by atoms with Gasteiger partial charge in [-0.05, 0) is 30.5 Å². The lowest BCUT2D eigenvalue weighted by atomic mass is 10.1. The fourth-order valence-electron chi connectivity index (χ4n) is 1.73. The minimum absolute atomic E-state index is 0.618. The smallest absolute Gasteiger partial charge is 0.120 e. The zero-order valence-corrected chi connectivity index (χ0v) is 9.04. The van der Waals surface area contributed by atoms with Gasteiger partial charge in [0, 0.05) is 18.8 Å². The molecule has 3 heteroatoms. The van der Waals surface area contributed by atoms with Gasteiger partial charge in [0.15, 0.2) is 0 Å². The maximum Gasteiger partial charge on any atom is 0.120 e. The SMILES string of the molecule is O=CCCCc1ccccc1-n1cccn1. The van der Waals surface area contributed by atoms with Gasteiger partial charge in [-0.3, -0.25) is 0 Å². The number of carbonyl (C=O) groups excluding carboxylic acids is 1. The van der Waals surface area contributed by atoms with Crippen LogP contribution in [0.3, 0.4) is 0 Å². The Hall–Kier alpha value is -1.90. The molecule has 0 saturated heterocycles. The third kappa shape index (κ3) is 2.37. The quantitative estimate of drug-likeness (QED) is 0.566. The molecule has 0 atom stereocenters. The highest BCUT2D eigenvalue weighted by atomic mass is 16.1. The summed E-state index contributed by atoms with van der Waals surface area (Å²) < 4.78 is 1.86. The molecule has 82 valence electrons. The number of aldehydes is 1. The van der Waals surface area contributed by atoms with Gasteiger partial charge in [-0.25, -0.2) is 4.68 Å². The topological polar surface area (TPSA) is 34.9 Å². The molecule has 0 saturated carbocycles. The maximum absolute atomic E-state index is 10.3. The molecule has 1 aromatic heterocycles. The molecular formula is C13H14N2O. The van der Waals surface area contributed by atoms with Gasteiger partial charge in [0.25, 0.3) is 0 Å². The van der Waals surface area contributed by atoms with Gasteiger partial charge in [0.1, 0.15) is 6.29 Å². The monoisotopic (exact) mass is 214 g/mol. The number of hydrogen-bond acceptors (Lipinski definition) is 2. The lowest BCUT2D eigenvalue weighted by Crippen LogP contribution is -2.00. The van der Waals surface area contributed by atoms with Crippen molar-refractivity contribution >= 4 is 6.29 Å². The number of rotatable bonds is 5. The van der Waals surface area contributed by atoms with E-state index in [-0.39, 0.29) is 0 Å². The van der Waals surface area contributed by atoms with Crippen LogP contribution in [-0.4, -0.2) is 16.1 Å². The highest BCUT2D eigenvalue weighted by Gasteiger charge is 2.03. The van der Waals surface area contributed by atoms with Crippen molar-refractivity contribution in [3.63, 3.8) is 0 Å². The van der Waals surface area contributed by atoms with Gasteiger partial charge < -0.3 is 4.79 Å². The number of carbonyl (C=O) groups is 1. The summed E-state index contributed by atoms with van der Waals surface area (Å²) in [6.07, 6.45) is 7.08. The predicted molar refractivity (Wildman–Crippen MR) is 62.6 cm³/mol. The van der Waals surface area contributed by atoms with E-state index in [0.717, 1.165) is 24.8 Å². The number of nitrogens with zero attached hydrogens (tertiary/aromatic N) is 2. The van der Waals surface area contributed by atoms with Crippen LogP contribution < -0.4 is 0 Å². The molecule has 16 heavy (non-hydrogen) atoms. The van der Waals surface area contributed by atoms with Gasteiger partial charge in [0.05, 0.1) is 5.69 Å². The van der Waals surface area contributed by atoms with E-state index in [1.54, 1.807) is 6.20 Å². The molecule has 0 aliphatic carbocycles. The second kappa shape index (κ2) is 5.26. The summed E-state index contributed by atoms with van der Waals surface area (Å²) in [6.45, 7) is 0. The first-order valence-electron chi connectivity index (χ1n) is 5.43. The number of unbranched alkanes of at least 4 members (excludes halogenated alkanes) is 1. The molecule has 0 unspecified atom stereocenters. The average molecular weight is 214 g/mol. The molecule has 0 radical (unpaired) electrons. The lowest BCUT2D eigenvalue weighted by Gasteiger charge is -2.08. The molecule has 0 aliphatic heterocycles. The molecule has 0 spiro atoms. The number of benzene rings is 1. The average Bonchev–Trinajstić information content (AvgIpc) is 2.83. The Morgan fingerprint density at radius 3 is 2.88 bits per heavy atom. The van der Waals surface area contributed by atoms with Gasteiger partial charge in [-0.15, -0.1) is 0 Å². The normalized spacial score (nSPS) is 10.2. The van der Waals surface area contributed by atoms with Gasteiger partial charge in [0.2, 0.25) is 0 Å². The van der Waals surface area contributed by atoms with Crippen LogP contribution in [0.2, 0.25) is 0 Å². The number of hydrogen-bond donors (Lipinski definition) is 0.